The molecule has 7 rings (SSSR count). The summed E-state index contributed by atoms with van der Waals surface area (Å²) in [6, 6.07) is 4.60. The van der Waals surface area contributed by atoms with Gasteiger partial charge >= 0.3 is 0 Å². The van der Waals surface area contributed by atoms with Gasteiger partial charge in [0, 0.05) is 36.1 Å². The maximum Gasteiger partial charge on any atom is 0.264 e. The molecule has 12 heteroatoms. The number of nitrogens with zero attached hydrogens (tertiary/aromatic N) is 2. The fraction of sp³-hybridized carbons (Fsp3) is 0.467. The van der Waals surface area contributed by atoms with E-state index in [0.29, 0.717) is 19.4 Å². The van der Waals surface area contributed by atoms with Gasteiger partial charge in [0.2, 0.25) is 11.8 Å². The highest BCUT2D eigenvalue weighted by atomic mass is 19.3. The van der Waals surface area contributed by atoms with E-state index in [1.807, 2.05) is 6.07 Å². The first-order valence-electron chi connectivity index (χ1n) is 14.0. The molecule has 5 atom stereocenters. The molecule has 3 heterocycles. The third kappa shape index (κ3) is 4.33. The molecule has 3 aliphatic heterocycles. The average Bonchev–Trinajstić information content (AvgIpc) is 3.20. The predicted octanol–water partition coefficient (Wildman–Crippen LogP) is 3.12. The largest absolute Gasteiger partial charge is 0.372 e. The Hall–Kier alpha value is -3.98. The van der Waals surface area contributed by atoms with E-state index >= 15 is 8.78 Å². The smallest absolute Gasteiger partial charge is 0.264 e. The number of nitriles is 1. The second-order valence-electron chi connectivity index (χ2n) is 11.6. The Bertz CT molecular complexity index is 1470. The molecule has 3 N–H and O–H groups in total. The topological polar surface area (TPSA) is 123 Å². The van der Waals surface area contributed by atoms with Crippen molar-refractivity contribution in [2.24, 2.45) is 11.8 Å². The summed E-state index contributed by atoms with van der Waals surface area (Å²) in [5.74, 6) is -9.48. The molecule has 0 radical (unpaired) electrons. The van der Waals surface area contributed by atoms with Crippen molar-refractivity contribution in [2.45, 2.75) is 68.2 Å². The molecule has 4 fully saturated rings. The molecule has 2 aliphatic carbocycles. The van der Waals surface area contributed by atoms with Gasteiger partial charge in [-0.1, -0.05) is 12.1 Å². The predicted molar refractivity (Wildman–Crippen MR) is 139 cm³/mol. The minimum Gasteiger partial charge on any atom is -0.372 e. The quantitative estimate of drug-likeness (QED) is 0.467. The van der Waals surface area contributed by atoms with E-state index in [9.17, 15) is 33.5 Å². The fourth-order valence-corrected chi connectivity index (χ4v) is 7.21. The minimum atomic E-state index is -3.32. The molecule has 5 aliphatic rings. The van der Waals surface area contributed by atoms with Gasteiger partial charge in [-0.05, 0) is 67.5 Å². The zero-order valence-electron chi connectivity index (χ0n) is 22.4. The number of hydrogen-bond donors (Lipinski definition) is 3. The van der Waals surface area contributed by atoms with Crippen molar-refractivity contribution in [1.82, 2.24) is 15.5 Å². The molecule has 0 unspecified atom stereocenters. The minimum absolute atomic E-state index is 0.0392. The number of alkyl halides is 2. The van der Waals surface area contributed by atoms with Crippen LogP contribution in [0.5, 0.6) is 0 Å². The van der Waals surface area contributed by atoms with Crippen LogP contribution >= 0.6 is 0 Å². The van der Waals surface area contributed by atoms with Crippen LogP contribution in [0.3, 0.4) is 0 Å². The van der Waals surface area contributed by atoms with Crippen LogP contribution in [0.4, 0.5) is 17.6 Å². The Kier molecular flexibility index (Phi) is 6.76. The number of piperidine rings is 3. The summed E-state index contributed by atoms with van der Waals surface area (Å²) in [6.45, 7) is 0.499. The maximum atomic E-state index is 15.2. The summed E-state index contributed by atoms with van der Waals surface area (Å²) in [5.41, 5.74) is -2.48. The van der Waals surface area contributed by atoms with Crippen molar-refractivity contribution in [1.29, 1.82) is 5.26 Å². The Morgan fingerprint density at radius 1 is 1.10 bits per heavy atom. The van der Waals surface area contributed by atoms with Crippen LogP contribution in [0.2, 0.25) is 0 Å². The molecule has 0 aromatic heterocycles. The molecule has 3 saturated heterocycles. The van der Waals surface area contributed by atoms with Gasteiger partial charge in [-0.25, -0.2) is 17.6 Å². The summed E-state index contributed by atoms with van der Waals surface area (Å²) in [4.78, 5) is 41.3. The zero-order valence-corrected chi connectivity index (χ0v) is 22.4. The van der Waals surface area contributed by atoms with Gasteiger partial charge in [-0.15, -0.1) is 0 Å². The molecule has 42 heavy (non-hydrogen) atoms. The summed E-state index contributed by atoms with van der Waals surface area (Å²) in [5, 5.41) is 27.0. The SMILES string of the molecule is N#C[C@@H](C[C@H]1CCCNC1=O)NC(=O)[C@H]1[C@H]2CC[C@H](CC2(F)F)N1C(=O)C1(O)c2cc(F)ccc2-c2ccc(F)cc21. The second-order valence-corrected chi connectivity index (χ2v) is 11.6. The molecule has 3 amide bonds. The molecule has 2 aromatic carbocycles. The number of amides is 3. The van der Waals surface area contributed by atoms with Crippen LogP contribution in [0.25, 0.3) is 11.1 Å². The van der Waals surface area contributed by atoms with Crippen LogP contribution in [0.15, 0.2) is 36.4 Å². The number of benzene rings is 2. The van der Waals surface area contributed by atoms with Crippen molar-refractivity contribution in [3.8, 4) is 17.2 Å². The molecule has 2 aromatic rings. The number of aliphatic hydroxyl groups is 1. The van der Waals surface area contributed by atoms with Gasteiger partial charge in [0.05, 0.1) is 12.0 Å². The van der Waals surface area contributed by atoms with E-state index < -0.39 is 71.4 Å². The first-order chi connectivity index (χ1) is 20.0. The average molecular weight is 585 g/mol. The van der Waals surface area contributed by atoms with E-state index in [-0.39, 0.29) is 47.4 Å². The molecular weight excluding hydrogens is 556 g/mol. The number of rotatable bonds is 5. The summed E-state index contributed by atoms with van der Waals surface area (Å²) >= 11 is 0. The van der Waals surface area contributed by atoms with Gasteiger partial charge in [-0.2, -0.15) is 5.26 Å². The number of fused-ring (bicyclic) bond motifs is 6. The van der Waals surface area contributed by atoms with Gasteiger partial charge in [0.15, 0.2) is 5.60 Å². The normalized spacial score (nSPS) is 27.3. The maximum absolute atomic E-state index is 15.2. The second kappa shape index (κ2) is 10.1. The first kappa shape index (κ1) is 28.2. The molecule has 220 valence electrons. The van der Waals surface area contributed by atoms with E-state index in [1.54, 1.807) is 0 Å². The number of carbonyl (C=O) groups is 3. The number of halogens is 4. The van der Waals surface area contributed by atoms with Crippen LogP contribution in [0.1, 0.15) is 49.7 Å². The highest BCUT2D eigenvalue weighted by molar-refractivity contribution is 6.01. The monoisotopic (exact) mass is 584 g/mol. The van der Waals surface area contributed by atoms with E-state index in [2.05, 4.69) is 10.6 Å². The molecule has 0 spiro atoms. The molecule has 1 saturated carbocycles. The van der Waals surface area contributed by atoms with Crippen LogP contribution in [-0.4, -0.2) is 58.3 Å². The fourth-order valence-electron chi connectivity index (χ4n) is 7.21. The highest BCUT2D eigenvalue weighted by Gasteiger charge is 2.63. The lowest BCUT2D eigenvalue weighted by Crippen LogP contribution is -2.70. The van der Waals surface area contributed by atoms with Crippen molar-refractivity contribution >= 4 is 17.7 Å². The van der Waals surface area contributed by atoms with E-state index in [1.165, 1.54) is 12.1 Å². The first-order valence-corrected chi connectivity index (χ1v) is 14.0. The van der Waals surface area contributed by atoms with Crippen molar-refractivity contribution in [2.75, 3.05) is 6.54 Å². The molecule has 8 nitrogen and oxygen atoms in total. The van der Waals surface area contributed by atoms with Gasteiger partial charge in [0.25, 0.3) is 11.8 Å². The van der Waals surface area contributed by atoms with Crippen LogP contribution in [0, 0.1) is 34.8 Å². The standard InChI is InChI=1S/C30H28F4N4O4/c31-16-3-6-20-21-7-4-17(32)12-24(21)30(42,23(20)11-16)28(41)38-19-5-8-22(29(33,34)13-19)25(38)27(40)37-18(14-35)10-15-2-1-9-36-26(15)39/h3-4,6-7,11-12,15,18-19,22,25,42H,1-2,5,8-10,13H2,(H,36,39)(H,37,40)/t15-,18-,19-,22-,25-/m1/s1. The Balaban J connectivity index is 1.38. The Morgan fingerprint density at radius 2 is 1.74 bits per heavy atom. The van der Waals surface area contributed by atoms with Crippen LogP contribution < -0.4 is 10.6 Å². The zero-order chi connectivity index (χ0) is 30.0. The summed E-state index contributed by atoms with van der Waals surface area (Å²) < 4.78 is 59.4. The Morgan fingerprint density at radius 3 is 2.31 bits per heavy atom. The Labute approximate surface area is 238 Å². The number of nitrogens with one attached hydrogen (secondary N) is 2. The van der Waals surface area contributed by atoms with Gasteiger partial charge in [-0.3, -0.25) is 14.4 Å². The number of carbonyl (C=O) groups excluding carboxylic acids is 3. The van der Waals surface area contributed by atoms with Gasteiger partial charge < -0.3 is 20.6 Å². The summed E-state index contributed by atoms with van der Waals surface area (Å²) in [7, 11) is 0. The van der Waals surface area contributed by atoms with E-state index in [0.717, 1.165) is 29.2 Å². The third-order valence-electron chi connectivity index (χ3n) is 9.17. The highest BCUT2D eigenvalue weighted by Crippen LogP contribution is 2.54. The van der Waals surface area contributed by atoms with Crippen LogP contribution in [-0.2, 0) is 20.0 Å². The summed E-state index contributed by atoms with van der Waals surface area (Å²) in [6.07, 6.45) is 0.432. The lowest BCUT2D eigenvalue weighted by molar-refractivity contribution is -0.201. The van der Waals surface area contributed by atoms with Crippen molar-refractivity contribution in [3.05, 3.63) is 59.2 Å². The number of hydrogen-bond acceptors (Lipinski definition) is 5. The van der Waals surface area contributed by atoms with E-state index in [4.69, 9.17) is 0 Å². The lowest BCUT2D eigenvalue weighted by atomic mass is 9.70. The van der Waals surface area contributed by atoms with Crippen molar-refractivity contribution in [3.63, 3.8) is 0 Å². The van der Waals surface area contributed by atoms with Crippen molar-refractivity contribution < 1.29 is 37.1 Å². The lowest BCUT2D eigenvalue weighted by Gasteiger charge is -2.54. The van der Waals surface area contributed by atoms with Gasteiger partial charge in [0.1, 0.15) is 23.7 Å². The molecular formula is C30H28F4N4O4. The third-order valence-corrected chi connectivity index (χ3v) is 9.17. The molecule has 2 bridgehead atoms.